The van der Waals surface area contributed by atoms with Crippen molar-refractivity contribution in [1.29, 1.82) is 0 Å². The molecule has 1 aliphatic heterocycles. The van der Waals surface area contributed by atoms with Crippen LogP contribution in [0.1, 0.15) is 15.9 Å². The van der Waals surface area contributed by atoms with Crippen LogP contribution in [0.25, 0.3) is 0 Å². The molecule has 0 unspecified atom stereocenters. The summed E-state index contributed by atoms with van der Waals surface area (Å²) in [6, 6.07) is 4.77. The average Bonchev–Trinajstić information content (AvgIpc) is 2.38. The summed E-state index contributed by atoms with van der Waals surface area (Å²) < 4.78 is 23.1. The molecule has 0 aromatic heterocycles. The first kappa shape index (κ1) is 9.70. The van der Waals surface area contributed by atoms with Gasteiger partial charge in [0.25, 0.3) is 0 Å². The van der Waals surface area contributed by atoms with Crippen molar-refractivity contribution in [2.24, 2.45) is 5.73 Å². The van der Waals surface area contributed by atoms with Gasteiger partial charge in [0.05, 0.1) is 15.7 Å². The molecule has 0 saturated heterocycles. The summed E-state index contributed by atoms with van der Waals surface area (Å²) in [5, 5.41) is -0.421. The number of carbonyl (C=O) groups excluding carboxylic acids is 1. The van der Waals surface area contributed by atoms with Gasteiger partial charge < -0.3 is 5.73 Å². The molecule has 6 heteroatoms. The Morgan fingerprint density at radius 2 is 2.07 bits per heavy atom. The summed E-state index contributed by atoms with van der Waals surface area (Å²) in [6.07, 6.45) is 0. The van der Waals surface area contributed by atoms with E-state index in [1.807, 2.05) is 0 Å². The van der Waals surface area contributed by atoms with E-state index in [0.717, 1.165) is 0 Å². The van der Waals surface area contributed by atoms with Crippen molar-refractivity contribution in [1.82, 2.24) is 0 Å². The van der Waals surface area contributed by atoms with Crippen molar-refractivity contribution in [3.05, 3.63) is 29.3 Å². The minimum Gasteiger partial charge on any atom is -0.326 e. The van der Waals surface area contributed by atoms with Gasteiger partial charge in [-0.25, -0.2) is 8.42 Å². The van der Waals surface area contributed by atoms with Gasteiger partial charge in [0.15, 0.2) is 0 Å². The lowest BCUT2D eigenvalue weighted by Gasteiger charge is -2.02. The Balaban J connectivity index is 2.82. The van der Waals surface area contributed by atoms with Crippen molar-refractivity contribution in [2.75, 3.05) is 0 Å². The molecule has 0 bridgehead atoms. The summed E-state index contributed by atoms with van der Waals surface area (Å²) in [6.45, 7) is 0.121. The van der Waals surface area contributed by atoms with Crippen LogP contribution in [0.4, 0.5) is 0 Å². The van der Waals surface area contributed by atoms with Crippen LogP contribution in [0.5, 0.6) is 0 Å². The van der Waals surface area contributed by atoms with Gasteiger partial charge >= 0.3 is 0 Å². The standard InChI is InChI=1S/C8H7NO3S2/c9-4-5-2-1-3-6-7(5)14(11,12)13-8(6)10/h1-3H,4,9H2. The van der Waals surface area contributed by atoms with E-state index in [1.54, 1.807) is 12.1 Å². The molecule has 4 nitrogen and oxygen atoms in total. The lowest BCUT2D eigenvalue weighted by Crippen LogP contribution is -2.03. The van der Waals surface area contributed by atoms with E-state index in [0.29, 0.717) is 16.4 Å². The topological polar surface area (TPSA) is 77.2 Å². The highest BCUT2D eigenvalue weighted by molar-refractivity contribution is 8.78. The van der Waals surface area contributed by atoms with Crippen molar-refractivity contribution >= 4 is 24.8 Å². The van der Waals surface area contributed by atoms with Gasteiger partial charge in [0.1, 0.15) is 0 Å². The van der Waals surface area contributed by atoms with Crippen LogP contribution in [-0.2, 0) is 15.4 Å². The van der Waals surface area contributed by atoms with Gasteiger partial charge in [-0.1, -0.05) is 12.1 Å². The van der Waals surface area contributed by atoms with E-state index in [9.17, 15) is 13.2 Å². The molecule has 14 heavy (non-hydrogen) atoms. The molecule has 0 radical (unpaired) electrons. The third-order valence-electron chi connectivity index (χ3n) is 1.97. The lowest BCUT2D eigenvalue weighted by molar-refractivity contribution is 0.108. The third-order valence-corrected chi connectivity index (χ3v) is 5.16. The molecule has 1 aromatic carbocycles. The molecule has 1 aromatic rings. The van der Waals surface area contributed by atoms with E-state index in [2.05, 4.69) is 0 Å². The Labute approximate surface area is 84.8 Å². The average molecular weight is 229 g/mol. The minimum atomic E-state index is -3.51. The maximum absolute atomic E-state index is 11.5. The van der Waals surface area contributed by atoms with Crippen LogP contribution in [0.3, 0.4) is 0 Å². The second-order valence-electron chi connectivity index (χ2n) is 2.82. The quantitative estimate of drug-likeness (QED) is 0.718. The monoisotopic (exact) mass is 229 g/mol. The molecular formula is C8H7NO3S2. The number of carbonyl (C=O) groups is 1. The fourth-order valence-electron chi connectivity index (χ4n) is 1.39. The first-order chi connectivity index (χ1) is 6.56. The van der Waals surface area contributed by atoms with Crippen molar-refractivity contribution < 1.29 is 13.2 Å². The molecule has 0 amide bonds. The highest BCUT2D eigenvalue weighted by Crippen LogP contribution is 2.39. The molecule has 0 fully saturated rings. The second kappa shape index (κ2) is 3.08. The van der Waals surface area contributed by atoms with Crippen molar-refractivity contribution in [3.8, 4) is 0 Å². The fraction of sp³-hybridized carbons (Fsp3) is 0.125. The van der Waals surface area contributed by atoms with Crippen molar-refractivity contribution in [2.45, 2.75) is 11.4 Å². The van der Waals surface area contributed by atoms with E-state index < -0.39 is 14.0 Å². The Hall–Kier alpha value is -0.850. The van der Waals surface area contributed by atoms with E-state index in [1.165, 1.54) is 6.07 Å². The molecule has 2 N–H and O–H groups in total. The second-order valence-corrected chi connectivity index (χ2v) is 6.49. The maximum Gasteiger partial charge on any atom is 0.238 e. The molecular weight excluding hydrogens is 222 g/mol. The normalized spacial score (nSPS) is 18.2. The summed E-state index contributed by atoms with van der Waals surface area (Å²) in [4.78, 5) is 11.4. The smallest absolute Gasteiger partial charge is 0.238 e. The number of hydrogen-bond acceptors (Lipinski definition) is 5. The number of benzene rings is 1. The zero-order valence-electron chi connectivity index (χ0n) is 7.06. The van der Waals surface area contributed by atoms with Crippen LogP contribution in [0.15, 0.2) is 23.1 Å². The predicted molar refractivity (Wildman–Crippen MR) is 53.4 cm³/mol. The molecule has 0 spiro atoms. The van der Waals surface area contributed by atoms with Crippen molar-refractivity contribution in [3.63, 3.8) is 0 Å². The molecule has 0 atom stereocenters. The van der Waals surface area contributed by atoms with Crippen LogP contribution >= 0.6 is 10.8 Å². The largest absolute Gasteiger partial charge is 0.326 e. The molecule has 0 aliphatic carbocycles. The highest BCUT2D eigenvalue weighted by atomic mass is 33.1. The first-order valence-corrected chi connectivity index (χ1v) is 6.68. The number of rotatable bonds is 1. The summed E-state index contributed by atoms with van der Waals surface area (Å²) >= 11 is 0. The Bertz CT molecular complexity index is 507. The molecule has 1 heterocycles. The van der Waals surface area contributed by atoms with Crippen LogP contribution in [0, 0.1) is 0 Å². The van der Waals surface area contributed by atoms with Gasteiger partial charge in [-0.2, -0.15) is 0 Å². The van der Waals surface area contributed by atoms with Crippen LogP contribution < -0.4 is 5.73 Å². The van der Waals surface area contributed by atoms with E-state index in [-0.39, 0.29) is 17.0 Å². The molecule has 0 saturated carbocycles. The van der Waals surface area contributed by atoms with Crippen LogP contribution in [-0.4, -0.2) is 13.5 Å². The number of nitrogens with two attached hydrogens (primary N) is 1. The summed E-state index contributed by atoms with van der Waals surface area (Å²) in [5.41, 5.74) is 6.15. The van der Waals surface area contributed by atoms with Gasteiger partial charge in [-0.15, -0.1) is 0 Å². The van der Waals surface area contributed by atoms with Gasteiger partial charge in [-0.3, -0.25) is 4.79 Å². The summed E-state index contributed by atoms with van der Waals surface area (Å²) in [5.74, 6) is 0. The third kappa shape index (κ3) is 1.26. The SMILES string of the molecule is NCc1cccc2c1S(=O)(=O)SC2=O. The zero-order valence-corrected chi connectivity index (χ0v) is 8.69. The minimum absolute atomic E-state index is 0.0949. The van der Waals surface area contributed by atoms with Gasteiger partial charge in [0.2, 0.25) is 14.0 Å². The fourth-order valence-corrected chi connectivity index (χ4v) is 4.61. The number of fused-ring (bicyclic) bond motifs is 1. The van der Waals surface area contributed by atoms with Gasteiger partial charge in [0, 0.05) is 12.1 Å². The first-order valence-electron chi connectivity index (χ1n) is 3.87. The predicted octanol–water partition coefficient (Wildman–Crippen LogP) is 0.721. The van der Waals surface area contributed by atoms with E-state index in [4.69, 9.17) is 5.73 Å². The molecule has 1 aliphatic rings. The zero-order chi connectivity index (χ0) is 10.3. The van der Waals surface area contributed by atoms with Crippen LogP contribution in [0.2, 0.25) is 0 Å². The van der Waals surface area contributed by atoms with Gasteiger partial charge in [-0.05, 0) is 11.6 Å². The molecule has 74 valence electrons. The summed E-state index contributed by atoms with van der Waals surface area (Å²) in [7, 11) is -3.15. The Kier molecular flexibility index (Phi) is 2.13. The van der Waals surface area contributed by atoms with E-state index >= 15 is 0 Å². The highest BCUT2D eigenvalue weighted by Gasteiger charge is 2.36. The number of hydrogen-bond donors (Lipinski definition) is 1. The molecule has 2 rings (SSSR count). The maximum atomic E-state index is 11.5. The Morgan fingerprint density at radius 3 is 2.71 bits per heavy atom. The lowest BCUT2D eigenvalue weighted by atomic mass is 10.1. The Morgan fingerprint density at radius 1 is 1.36 bits per heavy atom.